The first-order chi connectivity index (χ1) is 26.9. The molecule has 0 spiro atoms. The van der Waals surface area contributed by atoms with Crippen LogP contribution in [0.3, 0.4) is 0 Å². The minimum absolute atomic E-state index is 0.186. The van der Waals surface area contributed by atoms with Crippen molar-refractivity contribution in [2.75, 3.05) is 0 Å². The number of rotatable bonds is 3. The number of benzene rings is 8. The molecule has 10 rings (SSSR count). The van der Waals surface area contributed by atoms with Gasteiger partial charge < -0.3 is 4.42 Å². The van der Waals surface area contributed by atoms with Crippen LogP contribution in [0.25, 0.3) is 88.0 Å². The summed E-state index contributed by atoms with van der Waals surface area (Å²) in [5.74, 6) is 0. The summed E-state index contributed by atoms with van der Waals surface area (Å²) in [5, 5.41) is 2.40. The zero-order valence-corrected chi connectivity index (χ0v) is 26.3. The molecule has 1 aliphatic carbocycles. The van der Waals surface area contributed by atoms with Gasteiger partial charge in [0.15, 0.2) is 0 Å². The minimum Gasteiger partial charge on any atom is -0.456 e. The summed E-state index contributed by atoms with van der Waals surface area (Å²) in [6.45, 7) is 4.34. The smallest absolute Gasteiger partial charge is 0.135 e. The van der Waals surface area contributed by atoms with Crippen LogP contribution in [-0.4, -0.2) is 0 Å². The summed E-state index contributed by atoms with van der Waals surface area (Å²) in [4.78, 5) is 0. The Kier molecular flexibility index (Phi) is 4.25. The maximum Gasteiger partial charge on any atom is 0.135 e. The lowest BCUT2D eigenvalue weighted by Crippen LogP contribution is -2.15. The second-order valence-electron chi connectivity index (χ2n) is 13.1. The number of para-hydroxylation sites is 1. The Labute approximate surface area is 291 Å². The van der Waals surface area contributed by atoms with Crippen LogP contribution in [0.2, 0.25) is 0 Å². The average Bonchev–Trinajstić information content (AvgIpc) is 3.70. The molecule has 226 valence electrons. The van der Waals surface area contributed by atoms with Crippen LogP contribution in [0.4, 0.5) is 0 Å². The Hall–Kier alpha value is -5.92. The molecule has 0 saturated carbocycles. The lowest BCUT2D eigenvalue weighted by molar-refractivity contribution is 0.661. The van der Waals surface area contributed by atoms with Gasteiger partial charge in [-0.25, -0.2) is 0 Å². The SMILES string of the molecule is [2H]c1c([2H])c([2H])c2c(-c3ccc4oc5ccccc5c4c3)c3c([2H])c([2H])c([2H])c([2H])c3c(-c3ccc4c(c3)C(C)(C)c3cc(-c5ccccc5)ccc3-4)c2c1[2H]. The first-order valence-corrected chi connectivity index (χ1v) is 16.1. The van der Waals surface area contributed by atoms with Gasteiger partial charge in [0.2, 0.25) is 0 Å². The predicted octanol–water partition coefficient (Wildman–Crippen LogP) is 13.2. The van der Waals surface area contributed by atoms with Crippen LogP contribution in [-0.2, 0) is 5.41 Å². The van der Waals surface area contributed by atoms with Crippen molar-refractivity contribution in [1.82, 2.24) is 0 Å². The highest BCUT2D eigenvalue weighted by molar-refractivity contribution is 6.22. The number of hydrogen-bond acceptors (Lipinski definition) is 1. The molecule has 0 aliphatic heterocycles. The second-order valence-corrected chi connectivity index (χ2v) is 13.1. The van der Waals surface area contributed by atoms with E-state index in [0.717, 1.165) is 44.2 Å². The quantitative estimate of drug-likeness (QED) is 0.179. The zero-order chi connectivity index (χ0) is 38.9. The fraction of sp³-hybridized carbons (Fsp3) is 0.0638. The average molecular weight is 621 g/mol. The Morgan fingerprint density at radius 2 is 0.938 bits per heavy atom. The van der Waals surface area contributed by atoms with Gasteiger partial charge in [-0.2, -0.15) is 0 Å². The molecule has 0 amide bonds. The van der Waals surface area contributed by atoms with Crippen LogP contribution in [0, 0.1) is 0 Å². The van der Waals surface area contributed by atoms with Crippen molar-refractivity contribution < 1.29 is 15.4 Å². The topological polar surface area (TPSA) is 13.1 Å². The van der Waals surface area contributed by atoms with E-state index < -0.39 is 29.6 Å². The standard InChI is InChI=1S/C47H32O/c1-47(2)41-27-30(29-12-4-3-5-13-29)20-23-33(41)34-24-21-32(28-42(34)47)46-38-17-8-6-15-36(38)45(37-16-7-9-18-39(37)46)31-22-25-44-40(26-31)35-14-10-11-19-43(35)48-44/h3-28H,1-2H3/i6D,7D,8D,9D,15D,16D,17D,18D. The van der Waals surface area contributed by atoms with Gasteiger partial charge in [0.05, 0.1) is 11.0 Å². The molecule has 0 saturated heterocycles. The molecule has 9 aromatic rings. The van der Waals surface area contributed by atoms with Crippen molar-refractivity contribution in [1.29, 1.82) is 0 Å². The highest BCUT2D eigenvalue weighted by Gasteiger charge is 2.36. The molecule has 1 heteroatoms. The van der Waals surface area contributed by atoms with Gasteiger partial charge in [0.1, 0.15) is 11.2 Å². The Morgan fingerprint density at radius 3 is 1.58 bits per heavy atom. The summed E-state index contributed by atoms with van der Waals surface area (Å²) in [6.07, 6.45) is 0. The molecule has 1 aromatic heterocycles. The van der Waals surface area contributed by atoms with Gasteiger partial charge in [0, 0.05) is 16.2 Å². The molecule has 0 fully saturated rings. The van der Waals surface area contributed by atoms with E-state index in [-0.39, 0.29) is 45.7 Å². The van der Waals surface area contributed by atoms with Gasteiger partial charge in [-0.05, 0) is 108 Å². The molecule has 8 aromatic carbocycles. The van der Waals surface area contributed by atoms with Crippen molar-refractivity contribution in [3.63, 3.8) is 0 Å². The third kappa shape index (κ3) is 3.85. The lowest BCUT2D eigenvalue weighted by atomic mass is 9.80. The maximum absolute atomic E-state index is 9.43. The molecular formula is C47H32O. The summed E-state index contributed by atoms with van der Waals surface area (Å²) in [5.41, 5.74) is 9.18. The van der Waals surface area contributed by atoms with Gasteiger partial charge in [-0.15, -0.1) is 0 Å². The van der Waals surface area contributed by atoms with Crippen LogP contribution in [0.5, 0.6) is 0 Å². The van der Waals surface area contributed by atoms with E-state index in [9.17, 15) is 5.48 Å². The van der Waals surface area contributed by atoms with E-state index in [1.807, 2.05) is 66.7 Å². The van der Waals surface area contributed by atoms with Crippen molar-refractivity contribution in [3.8, 4) is 44.5 Å². The number of furan rings is 1. The van der Waals surface area contributed by atoms with Crippen LogP contribution in [0.15, 0.2) is 162 Å². The molecule has 0 unspecified atom stereocenters. The molecule has 0 radical (unpaired) electrons. The first-order valence-electron chi connectivity index (χ1n) is 20.1. The van der Waals surface area contributed by atoms with E-state index >= 15 is 0 Å². The monoisotopic (exact) mass is 620 g/mol. The lowest BCUT2D eigenvalue weighted by Gasteiger charge is -2.23. The molecule has 1 aliphatic rings. The third-order valence-corrected chi connectivity index (χ3v) is 10.1. The van der Waals surface area contributed by atoms with Crippen molar-refractivity contribution in [2.45, 2.75) is 19.3 Å². The molecule has 48 heavy (non-hydrogen) atoms. The van der Waals surface area contributed by atoms with Gasteiger partial charge in [-0.1, -0.05) is 141 Å². The fourth-order valence-electron chi connectivity index (χ4n) is 7.79. The molecule has 1 heterocycles. The van der Waals surface area contributed by atoms with E-state index in [0.29, 0.717) is 33.4 Å². The first kappa shape index (κ1) is 20.3. The molecule has 0 bridgehead atoms. The summed E-state index contributed by atoms with van der Waals surface area (Å²) < 4.78 is 79.2. The molecular weight excluding hydrogens is 581 g/mol. The van der Waals surface area contributed by atoms with Gasteiger partial charge in [0.25, 0.3) is 0 Å². The molecule has 1 nitrogen and oxygen atoms in total. The fourth-order valence-corrected chi connectivity index (χ4v) is 7.79. The van der Waals surface area contributed by atoms with E-state index in [2.05, 4.69) is 44.2 Å². The molecule has 0 N–H and O–H groups in total. The van der Waals surface area contributed by atoms with E-state index in [1.165, 1.54) is 0 Å². The second kappa shape index (κ2) is 10.0. The third-order valence-electron chi connectivity index (χ3n) is 10.1. The van der Waals surface area contributed by atoms with E-state index in [4.69, 9.17) is 9.90 Å². The summed E-state index contributed by atoms with van der Waals surface area (Å²) >= 11 is 0. The highest BCUT2D eigenvalue weighted by Crippen LogP contribution is 2.52. The minimum atomic E-state index is -0.460. The largest absolute Gasteiger partial charge is 0.456 e. The molecule has 0 atom stereocenters. The van der Waals surface area contributed by atoms with Crippen molar-refractivity contribution >= 4 is 43.5 Å². The van der Waals surface area contributed by atoms with Gasteiger partial charge >= 0.3 is 0 Å². The highest BCUT2D eigenvalue weighted by atomic mass is 16.3. The predicted molar refractivity (Wildman–Crippen MR) is 203 cm³/mol. The summed E-state index contributed by atoms with van der Waals surface area (Å²) in [7, 11) is 0. The Bertz CT molecular complexity index is 3120. The maximum atomic E-state index is 9.43. The van der Waals surface area contributed by atoms with E-state index in [1.54, 1.807) is 12.1 Å². The summed E-state index contributed by atoms with van der Waals surface area (Å²) in [6, 6.07) is 33.0. The number of fused-ring (bicyclic) bond motifs is 8. The van der Waals surface area contributed by atoms with Crippen molar-refractivity contribution in [3.05, 3.63) is 169 Å². The van der Waals surface area contributed by atoms with Crippen molar-refractivity contribution in [2.24, 2.45) is 0 Å². The Morgan fingerprint density at radius 1 is 0.438 bits per heavy atom. The Balaban J connectivity index is 1.32. The van der Waals surface area contributed by atoms with Crippen LogP contribution >= 0.6 is 0 Å². The normalized spacial score (nSPS) is 15.7. The van der Waals surface area contributed by atoms with Crippen LogP contribution in [0.1, 0.15) is 35.9 Å². The van der Waals surface area contributed by atoms with Crippen LogP contribution < -0.4 is 0 Å². The number of hydrogen-bond donors (Lipinski definition) is 0. The van der Waals surface area contributed by atoms with Gasteiger partial charge in [-0.3, -0.25) is 0 Å². The zero-order valence-electron chi connectivity index (χ0n) is 34.3.